The van der Waals surface area contributed by atoms with Gasteiger partial charge in [-0.25, -0.2) is 29.1 Å². The van der Waals surface area contributed by atoms with Crippen molar-refractivity contribution in [2.45, 2.75) is 114 Å². The number of Topliss-reactive ketones (excluding diaryl/α,β-unsaturated/α-hetero) is 1. The van der Waals surface area contributed by atoms with Crippen molar-refractivity contribution in [3.05, 3.63) is 101 Å². The fourth-order valence-corrected chi connectivity index (χ4v) is 8.61. The summed E-state index contributed by atoms with van der Waals surface area (Å²) in [5.74, 6) is -0.727. The first kappa shape index (κ1) is 57.4. The number of phosphoric acid groups is 1. The summed E-state index contributed by atoms with van der Waals surface area (Å²) in [4.78, 5) is 106. The van der Waals surface area contributed by atoms with Gasteiger partial charge >= 0.3 is 28.2 Å². The van der Waals surface area contributed by atoms with Gasteiger partial charge < -0.3 is 69.8 Å². The summed E-state index contributed by atoms with van der Waals surface area (Å²) < 4.78 is 47.1. The molecule has 1 amide bonds. The van der Waals surface area contributed by atoms with E-state index in [0.29, 0.717) is 29.5 Å². The predicted molar refractivity (Wildman–Crippen MR) is 267 cm³/mol. The summed E-state index contributed by atoms with van der Waals surface area (Å²) >= 11 is 0. The van der Waals surface area contributed by atoms with Gasteiger partial charge in [-0.1, -0.05) is 24.3 Å². The average molecular weight is 1070 g/mol. The maximum absolute atomic E-state index is 14.3. The maximum atomic E-state index is 14.3. The number of nitrogens with one attached hydrogen (secondary N) is 1. The molecule has 2 aromatic carbocycles. The summed E-state index contributed by atoms with van der Waals surface area (Å²) in [5, 5.41) is 14.5. The molecule has 0 aliphatic carbocycles. The summed E-state index contributed by atoms with van der Waals surface area (Å²) in [6, 6.07) is 14.0. The fraction of sp³-hybridized carbons (Fsp3) is 0.478. The van der Waals surface area contributed by atoms with E-state index in [4.69, 9.17) is 44.7 Å². The number of nitrogens with two attached hydrogens (primary N) is 2. The Bertz CT molecular complexity index is 2840. The average Bonchev–Trinajstić information content (AvgIpc) is 4.08. The first-order chi connectivity index (χ1) is 34.7. The molecular formula is C46H62N10O16P2. The van der Waals surface area contributed by atoms with Crippen LogP contribution in [0.2, 0.25) is 0 Å². The van der Waals surface area contributed by atoms with Crippen molar-refractivity contribution in [1.82, 2.24) is 34.4 Å². The Balaban J connectivity index is 0.000000414. The second kappa shape index (κ2) is 24.2. The number of nitrogens with zero attached hydrogens (tertiary/aromatic N) is 7. The molecule has 2 saturated heterocycles. The number of hydrogen-bond acceptors (Lipinski definition) is 21. The second-order valence-corrected chi connectivity index (χ2v) is 20.8. The highest BCUT2D eigenvalue weighted by atomic mass is 31.2. The summed E-state index contributed by atoms with van der Waals surface area (Å²) in [7, 11) is -3.41. The van der Waals surface area contributed by atoms with Crippen LogP contribution in [0.3, 0.4) is 0 Å². The van der Waals surface area contributed by atoms with Gasteiger partial charge in [0, 0.05) is 43.5 Å². The van der Waals surface area contributed by atoms with E-state index in [1.54, 1.807) is 57.2 Å². The molecule has 7 rings (SSSR count). The van der Waals surface area contributed by atoms with Crippen LogP contribution in [0.1, 0.15) is 87.8 Å². The summed E-state index contributed by atoms with van der Waals surface area (Å²) in [6.45, 7) is 7.32. The van der Waals surface area contributed by atoms with Crippen molar-refractivity contribution < 1.29 is 71.6 Å². The van der Waals surface area contributed by atoms with E-state index in [9.17, 15) is 38.6 Å². The molecular weight excluding hydrogens is 1010 g/mol. The van der Waals surface area contributed by atoms with Crippen molar-refractivity contribution in [2.75, 3.05) is 43.7 Å². The van der Waals surface area contributed by atoms with Crippen molar-refractivity contribution in [3.63, 3.8) is 0 Å². The minimum Gasteiger partial charge on any atom is -0.444 e. The Morgan fingerprint density at radius 1 is 0.932 bits per heavy atom. The summed E-state index contributed by atoms with van der Waals surface area (Å²) in [5.41, 5.74) is 10.8. The number of carbonyl (C=O) groups is 3. The van der Waals surface area contributed by atoms with Crippen LogP contribution in [0.15, 0.2) is 78.2 Å². The third kappa shape index (κ3) is 15.4. The zero-order valence-corrected chi connectivity index (χ0v) is 43.4. The largest absolute Gasteiger partial charge is 0.469 e. The lowest BCUT2D eigenvalue weighted by Crippen LogP contribution is -2.57. The monoisotopic (exact) mass is 1070 g/mol. The minimum absolute atomic E-state index is 0.0178. The number of imidazole rings is 1. The molecule has 3 aromatic heterocycles. The maximum Gasteiger partial charge on any atom is 0.469 e. The zero-order valence-electron chi connectivity index (χ0n) is 41.6. The number of aliphatic hydroxyl groups is 1. The molecule has 5 aromatic rings. The zero-order chi connectivity index (χ0) is 54.3. The van der Waals surface area contributed by atoms with E-state index in [-0.39, 0.29) is 54.1 Å². The predicted octanol–water partition coefficient (Wildman–Crippen LogP) is 3.06. The van der Waals surface area contributed by atoms with Gasteiger partial charge in [0.25, 0.3) is 0 Å². The molecule has 0 spiro atoms. The molecule has 0 saturated carbocycles. The van der Waals surface area contributed by atoms with Gasteiger partial charge in [0.2, 0.25) is 0 Å². The quantitative estimate of drug-likeness (QED) is 0.0435. The highest BCUT2D eigenvalue weighted by molar-refractivity contribution is 7.46. The number of rotatable bonds is 19. The number of amides is 1. The van der Waals surface area contributed by atoms with E-state index < -0.39 is 88.6 Å². The first-order valence-electron chi connectivity index (χ1n) is 23.1. The number of carbonyl (C=O) groups excluding carboxylic acids is 3. The number of alkyl carbamates (subject to hydrolysis) is 1. The third-order valence-electron chi connectivity index (χ3n) is 11.8. The molecule has 402 valence electrons. The molecule has 0 radical (unpaired) electrons. The lowest BCUT2D eigenvalue weighted by molar-refractivity contribution is -0.167. The lowest BCUT2D eigenvalue weighted by atomic mass is 9.87. The number of ether oxygens (including phenoxy) is 4. The van der Waals surface area contributed by atoms with Crippen LogP contribution in [-0.2, 0) is 43.8 Å². The van der Waals surface area contributed by atoms with Gasteiger partial charge in [-0.2, -0.15) is 4.98 Å². The van der Waals surface area contributed by atoms with Crippen LogP contribution in [0.5, 0.6) is 0 Å². The van der Waals surface area contributed by atoms with Gasteiger partial charge in [0.1, 0.15) is 41.2 Å². The molecule has 10 N–H and O–H groups in total. The molecule has 74 heavy (non-hydrogen) atoms. The van der Waals surface area contributed by atoms with Crippen molar-refractivity contribution in [1.29, 1.82) is 0 Å². The highest BCUT2D eigenvalue weighted by Crippen LogP contribution is 2.40. The number of hydrogen-bond donors (Lipinski definition) is 8. The minimum atomic E-state index is -4.85. The molecule has 7 unspecified atom stereocenters. The number of nitrogen functional groups attached to an aromatic ring is 2. The number of phosphoric ester groups is 1. The second-order valence-electron chi connectivity index (χ2n) is 18.8. The SMILES string of the molecule is CC(O[C@@H]1CC(COP(=O)(O)O)OC1n1cnc2c(N)ncnc21)C(C)(O)C(=O)C(Cc1ccc(C(=O)c2ccc(N(C)C)cc2)cc1)NC(=O)OC(C)(C)C.Nc1ccn(C2CCC(COP(O)O)O2)c(=O)n1. The molecule has 26 nitrogen and oxygen atoms in total. The van der Waals surface area contributed by atoms with E-state index in [1.807, 2.05) is 31.1 Å². The van der Waals surface area contributed by atoms with Crippen molar-refractivity contribution in [2.24, 2.45) is 0 Å². The van der Waals surface area contributed by atoms with Crippen LogP contribution in [-0.4, -0.2) is 140 Å². The Morgan fingerprint density at radius 3 is 2.20 bits per heavy atom. The molecule has 0 bridgehead atoms. The van der Waals surface area contributed by atoms with Gasteiger partial charge in [-0.3, -0.25) is 23.2 Å². The molecule has 2 aliphatic heterocycles. The lowest BCUT2D eigenvalue weighted by Gasteiger charge is -2.35. The van der Waals surface area contributed by atoms with Gasteiger partial charge in [0.15, 0.2) is 29.3 Å². The molecule has 5 heterocycles. The van der Waals surface area contributed by atoms with Gasteiger partial charge in [-0.05, 0) is 89.8 Å². The number of fused-ring (bicyclic) bond motifs is 1. The summed E-state index contributed by atoms with van der Waals surface area (Å²) in [6.07, 6.45) is -0.268. The van der Waals surface area contributed by atoms with Crippen LogP contribution < -0.4 is 27.4 Å². The normalized spacial score (nSPS) is 20.6. The number of benzene rings is 2. The molecule has 2 aliphatic rings. The number of ketones is 2. The molecule has 2 fully saturated rings. The Hall–Kier alpha value is -5.86. The standard InChI is InChI=1S/C37H48N7O11P.C9H14N3O5P/c1-21(53-28-17-26(18-52-56(49,50)51)54-34(28)44-20-41-29-32(38)39-19-40-33(29)44)37(5,48)31(46)27(42-35(47)55-36(2,3)4)16-22-8-10-23(11-9-22)30(45)24-12-14-25(15-13-24)43(6)7;10-7-3-4-12(9(13)11-7)8-2-1-6(17-8)5-16-18(14)15/h8-15,19-21,26-28,34,48H,16-18H2,1-7H3,(H,42,47)(H2,38,39,40)(H2,49,50,51);3-4,6,8,14-15H,1-2,5H2,(H2,10,11,13)/t21?,26?,27?,28-,34?,37?;/m1./s1. The van der Waals surface area contributed by atoms with E-state index in [0.717, 1.165) is 5.69 Å². The van der Waals surface area contributed by atoms with Crippen LogP contribution in [0.25, 0.3) is 11.2 Å². The highest BCUT2D eigenvalue weighted by Gasteiger charge is 2.47. The fourth-order valence-electron chi connectivity index (χ4n) is 7.95. The number of anilines is 3. The Morgan fingerprint density at radius 2 is 1.59 bits per heavy atom. The first-order valence-corrected chi connectivity index (χ1v) is 25.8. The van der Waals surface area contributed by atoms with Crippen LogP contribution in [0.4, 0.5) is 22.1 Å². The van der Waals surface area contributed by atoms with Crippen LogP contribution >= 0.6 is 16.4 Å². The van der Waals surface area contributed by atoms with E-state index >= 15 is 0 Å². The Labute approximate surface area is 426 Å². The van der Waals surface area contributed by atoms with Gasteiger partial charge in [-0.15, -0.1) is 0 Å². The van der Waals surface area contributed by atoms with Crippen molar-refractivity contribution in [3.8, 4) is 0 Å². The van der Waals surface area contributed by atoms with Gasteiger partial charge in [0.05, 0.1) is 43.9 Å². The molecule has 28 heteroatoms. The topological polar surface area (TPSA) is 371 Å². The van der Waals surface area contributed by atoms with E-state index in [2.05, 4.69) is 29.8 Å². The molecule has 8 atom stereocenters. The van der Waals surface area contributed by atoms with Crippen LogP contribution in [0, 0.1) is 0 Å². The third-order valence-corrected chi connectivity index (χ3v) is 12.7. The Kier molecular flexibility index (Phi) is 18.8. The van der Waals surface area contributed by atoms with E-state index in [1.165, 1.54) is 47.9 Å². The van der Waals surface area contributed by atoms with Crippen molar-refractivity contribution >= 4 is 62.6 Å². The number of aromatic nitrogens is 6. The smallest absolute Gasteiger partial charge is 0.444 e.